The van der Waals surface area contributed by atoms with Crippen molar-refractivity contribution < 1.29 is 22.9 Å². The van der Waals surface area contributed by atoms with Crippen molar-refractivity contribution in [1.29, 1.82) is 0 Å². The van der Waals surface area contributed by atoms with Gasteiger partial charge in [-0.15, -0.1) is 0 Å². The number of carbonyl (C=O) groups excluding carboxylic acids is 1. The van der Waals surface area contributed by atoms with Crippen LogP contribution < -0.4 is 5.32 Å². The Bertz CT molecular complexity index is 266. The van der Waals surface area contributed by atoms with Crippen molar-refractivity contribution in [3.8, 4) is 0 Å². The molecule has 1 aliphatic heterocycles. The van der Waals surface area contributed by atoms with Gasteiger partial charge in [-0.05, 0) is 0 Å². The van der Waals surface area contributed by atoms with Crippen LogP contribution in [0.1, 0.15) is 6.42 Å². The van der Waals surface area contributed by atoms with E-state index in [2.05, 4.69) is 0 Å². The molecule has 2 atom stereocenters. The molecule has 0 aliphatic carbocycles. The zero-order chi connectivity index (χ0) is 10.9. The molecule has 5 nitrogen and oxygen atoms in total. The van der Waals surface area contributed by atoms with Gasteiger partial charge in [0.15, 0.2) is 0 Å². The zero-order valence-corrected chi connectivity index (χ0v) is 6.87. The van der Waals surface area contributed by atoms with Crippen LogP contribution in [0.15, 0.2) is 0 Å². The van der Waals surface area contributed by atoms with Crippen LogP contribution in [0.2, 0.25) is 0 Å². The summed E-state index contributed by atoms with van der Waals surface area (Å²) in [7, 11) is 0. The topological polar surface area (TPSA) is 72.2 Å². The van der Waals surface area contributed by atoms with Gasteiger partial charge in [0.1, 0.15) is 5.92 Å². The Morgan fingerprint density at radius 2 is 2.07 bits per heavy atom. The third kappa shape index (κ3) is 2.12. The standard InChI is InChI=1S/C6H7F3N2O3/c7-6(8,9)3-1-5(12)10-2-4(3)11(13)14/h3-4H,1-2H2,(H,10,12)/t3-,4+/m0/s1. The fraction of sp³-hybridized carbons (Fsp3) is 0.833. The first-order chi connectivity index (χ1) is 6.32. The molecule has 1 aliphatic rings. The molecule has 0 aromatic carbocycles. The van der Waals surface area contributed by atoms with Crippen LogP contribution in [0.25, 0.3) is 0 Å². The maximum atomic E-state index is 12.2. The second kappa shape index (κ2) is 3.43. The molecule has 0 aromatic rings. The summed E-state index contributed by atoms with van der Waals surface area (Å²) in [6, 6.07) is -1.77. The Kier molecular flexibility index (Phi) is 2.63. The molecule has 1 N–H and O–H groups in total. The third-order valence-electron chi connectivity index (χ3n) is 2.07. The van der Waals surface area contributed by atoms with Gasteiger partial charge in [-0.2, -0.15) is 13.2 Å². The van der Waals surface area contributed by atoms with Crippen LogP contribution in [0, 0.1) is 16.0 Å². The minimum atomic E-state index is -4.70. The number of halogens is 3. The van der Waals surface area contributed by atoms with Gasteiger partial charge in [-0.1, -0.05) is 0 Å². The number of rotatable bonds is 1. The molecule has 8 heteroatoms. The molecule has 80 valence electrons. The first-order valence-corrected chi connectivity index (χ1v) is 3.79. The van der Waals surface area contributed by atoms with Crippen molar-refractivity contribution in [2.45, 2.75) is 18.6 Å². The summed E-state index contributed by atoms with van der Waals surface area (Å²) in [6.45, 7) is -0.560. The summed E-state index contributed by atoms with van der Waals surface area (Å²) in [4.78, 5) is 19.9. The van der Waals surface area contributed by atoms with E-state index in [0.29, 0.717) is 0 Å². The zero-order valence-electron chi connectivity index (χ0n) is 6.87. The summed E-state index contributed by atoms with van der Waals surface area (Å²) in [5.74, 6) is -2.98. The second-order valence-electron chi connectivity index (χ2n) is 3.01. The van der Waals surface area contributed by atoms with Crippen LogP contribution in [0.4, 0.5) is 13.2 Å². The summed E-state index contributed by atoms with van der Waals surface area (Å²) in [5.41, 5.74) is 0. The van der Waals surface area contributed by atoms with E-state index in [1.54, 1.807) is 0 Å². The molecule has 1 heterocycles. The van der Waals surface area contributed by atoms with E-state index in [-0.39, 0.29) is 0 Å². The molecule has 1 fully saturated rings. The van der Waals surface area contributed by atoms with Crippen molar-refractivity contribution >= 4 is 5.91 Å². The van der Waals surface area contributed by atoms with E-state index < -0.39 is 41.9 Å². The first kappa shape index (κ1) is 10.7. The van der Waals surface area contributed by atoms with E-state index >= 15 is 0 Å². The summed E-state index contributed by atoms with van der Waals surface area (Å²) < 4.78 is 36.7. The van der Waals surface area contributed by atoms with Gasteiger partial charge in [0.25, 0.3) is 0 Å². The summed E-state index contributed by atoms with van der Waals surface area (Å²) in [6.07, 6.45) is -5.56. The van der Waals surface area contributed by atoms with Gasteiger partial charge in [-0.25, -0.2) is 0 Å². The molecule has 0 saturated carbocycles. The lowest BCUT2D eigenvalue weighted by Gasteiger charge is -2.26. The Hall–Kier alpha value is -1.34. The Balaban J connectivity index is 2.84. The predicted octanol–water partition coefficient (Wildman–Crippen LogP) is 0.330. The van der Waals surface area contributed by atoms with Crippen LogP contribution in [0.5, 0.6) is 0 Å². The predicted molar refractivity (Wildman–Crippen MR) is 38.0 cm³/mol. The van der Waals surface area contributed by atoms with Gasteiger partial charge >= 0.3 is 6.18 Å². The maximum absolute atomic E-state index is 12.2. The van der Waals surface area contributed by atoms with Crippen molar-refractivity contribution in [3.05, 3.63) is 10.1 Å². The fourth-order valence-electron chi connectivity index (χ4n) is 1.32. The van der Waals surface area contributed by atoms with Gasteiger partial charge in [0, 0.05) is 11.3 Å². The lowest BCUT2D eigenvalue weighted by Crippen LogP contribution is -2.52. The first-order valence-electron chi connectivity index (χ1n) is 3.79. The summed E-state index contributed by atoms with van der Waals surface area (Å²) in [5, 5.41) is 12.3. The molecule has 0 radical (unpaired) electrons. The van der Waals surface area contributed by atoms with Crippen molar-refractivity contribution in [3.63, 3.8) is 0 Å². The van der Waals surface area contributed by atoms with Gasteiger partial charge in [0.2, 0.25) is 11.9 Å². The molecule has 1 amide bonds. The number of amides is 1. The normalized spacial score (nSPS) is 28.4. The molecule has 1 rings (SSSR count). The third-order valence-corrected chi connectivity index (χ3v) is 2.07. The number of hydrogen-bond donors (Lipinski definition) is 1. The number of nitrogens with zero attached hydrogens (tertiary/aromatic N) is 1. The molecule has 0 unspecified atom stereocenters. The maximum Gasteiger partial charge on any atom is 0.398 e. The Labute approximate surface area is 76.4 Å². The average molecular weight is 212 g/mol. The highest BCUT2D eigenvalue weighted by Crippen LogP contribution is 2.33. The SMILES string of the molecule is O=C1C[C@H](C(F)(F)F)[C@H]([N+](=O)[O-])CN1. The number of nitrogens with one attached hydrogen (secondary N) is 1. The number of piperidine rings is 1. The molecular formula is C6H7F3N2O3. The van der Waals surface area contributed by atoms with Crippen LogP contribution in [-0.2, 0) is 4.79 Å². The van der Waals surface area contributed by atoms with Crippen LogP contribution >= 0.6 is 0 Å². The molecule has 0 spiro atoms. The van der Waals surface area contributed by atoms with E-state index in [1.165, 1.54) is 0 Å². The minimum absolute atomic E-state index is 0.560. The fourth-order valence-corrected chi connectivity index (χ4v) is 1.32. The second-order valence-corrected chi connectivity index (χ2v) is 3.01. The summed E-state index contributed by atoms with van der Waals surface area (Å²) >= 11 is 0. The largest absolute Gasteiger partial charge is 0.398 e. The van der Waals surface area contributed by atoms with Crippen molar-refractivity contribution in [2.24, 2.45) is 5.92 Å². The molecular weight excluding hydrogens is 205 g/mol. The monoisotopic (exact) mass is 212 g/mol. The molecule has 1 saturated heterocycles. The van der Waals surface area contributed by atoms with Gasteiger partial charge in [-0.3, -0.25) is 14.9 Å². The van der Waals surface area contributed by atoms with Crippen molar-refractivity contribution in [1.82, 2.24) is 5.32 Å². The number of hydrogen-bond acceptors (Lipinski definition) is 3. The highest BCUT2D eigenvalue weighted by molar-refractivity contribution is 5.77. The highest BCUT2D eigenvalue weighted by atomic mass is 19.4. The van der Waals surface area contributed by atoms with E-state index in [1.807, 2.05) is 5.32 Å². The Morgan fingerprint density at radius 3 is 2.50 bits per heavy atom. The average Bonchev–Trinajstić information content (AvgIpc) is 2.01. The van der Waals surface area contributed by atoms with Gasteiger partial charge in [0.05, 0.1) is 6.54 Å². The number of nitro groups is 1. The van der Waals surface area contributed by atoms with Crippen molar-refractivity contribution in [2.75, 3.05) is 6.54 Å². The highest BCUT2D eigenvalue weighted by Gasteiger charge is 2.53. The number of carbonyl (C=O) groups is 1. The lowest BCUT2D eigenvalue weighted by molar-refractivity contribution is -0.540. The molecule has 14 heavy (non-hydrogen) atoms. The van der Waals surface area contributed by atoms with E-state index in [4.69, 9.17) is 0 Å². The Morgan fingerprint density at radius 1 is 1.50 bits per heavy atom. The van der Waals surface area contributed by atoms with E-state index in [9.17, 15) is 28.1 Å². The molecule has 0 aromatic heterocycles. The van der Waals surface area contributed by atoms with Gasteiger partial charge < -0.3 is 5.32 Å². The van der Waals surface area contributed by atoms with Crippen LogP contribution in [0.3, 0.4) is 0 Å². The van der Waals surface area contributed by atoms with Crippen LogP contribution in [-0.4, -0.2) is 29.6 Å². The quantitative estimate of drug-likeness (QED) is 0.502. The smallest absolute Gasteiger partial charge is 0.349 e. The lowest BCUT2D eigenvalue weighted by atomic mass is 9.92. The minimum Gasteiger partial charge on any atom is -0.349 e. The number of alkyl halides is 3. The van der Waals surface area contributed by atoms with E-state index in [0.717, 1.165) is 0 Å². The molecule has 0 bridgehead atoms.